The molecule has 0 spiro atoms. The summed E-state index contributed by atoms with van der Waals surface area (Å²) in [4.78, 5) is 23.8. The summed E-state index contributed by atoms with van der Waals surface area (Å²) >= 11 is 5.61. The first kappa shape index (κ1) is 19.9. The van der Waals surface area contributed by atoms with Crippen molar-refractivity contribution >= 4 is 39.0 Å². The van der Waals surface area contributed by atoms with Crippen LogP contribution in [0.5, 0.6) is 0 Å². The van der Waals surface area contributed by atoms with Gasteiger partial charge in [-0.25, -0.2) is 17.6 Å². The van der Waals surface area contributed by atoms with Gasteiger partial charge in [0.2, 0.25) is 0 Å². The number of esters is 1. The largest absolute Gasteiger partial charge is 0.452 e. The van der Waals surface area contributed by atoms with Gasteiger partial charge in [0.15, 0.2) is 16.4 Å². The summed E-state index contributed by atoms with van der Waals surface area (Å²) < 4.78 is 42.0. The number of nitrogens with one attached hydrogen (secondary N) is 1. The average molecular weight is 400 g/mol. The lowest BCUT2D eigenvalue weighted by molar-refractivity contribution is -0.119. The fourth-order valence-electron chi connectivity index (χ4n) is 2.04. The number of anilines is 1. The van der Waals surface area contributed by atoms with Gasteiger partial charge in [-0.15, -0.1) is 0 Å². The molecule has 2 aromatic rings. The quantitative estimate of drug-likeness (QED) is 0.754. The van der Waals surface area contributed by atoms with Crippen LogP contribution in [0.1, 0.15) is 17.3 Å². The average Bonchev–Trinajstić information content (AvgIpc) is 2.62. The van der Waals surface area contributed by atoms with E-state index >= 15 is 0 Å². The van der Waals surface area contributed by atoms with Crippen LogP contribution in [0.15, 0.2) is 47.4 Å². The van der Waals surface area contributed by atoms with Gasteiger partial charge in [0.05, 0.1) is 21.2 Å². The van der Waals surface area contributed by atoms with Crippen LogP contribution in [0, 0.1) is 5.82 Å². The van der Waals surface area contributed by atoms with Gasteiger partial charge < -0.3 is 10.1 Å². The van der Waals surface area contributed by atoms with Crippen molar-refractivity contribution in [2.75, 3.05) is 17.7 Å². The molecule has 1 amide bonds. The highest BCUT2D eigenvalue weighted by Gasteiger charge is 2.22. The first-order chi connectivity index (χ1) is 12.2. The van der Waals surface area contributed by atoms with E-state index in [1.165, 1.54) is 43.3 Å². The van der Waals surface area contributed by atoms with Crippen LogP contribution in [0.3, 0.4) is 0 Å². The van der Waals surface area contributed by atoms with E-state index in [4.69, 9.17) is 16.3 Å². The Morgan fingerprint density at radius 1 is 1.19 bits per heavy atom. The molecule has 0 radical (unpaired) electrons. The molecule has 6 nitrogen and oxygen atoms in total. The zero-order chi connectivity index (χ0) is 19.3. The van der Waals surface area contributed by atoms with Gasteiger partial charge in [-0.1, -0.05) is 30.7 Å². The van der Waals surface area contributed by atoms with Gasteiger partial charge in [0.25, 0.3) is 5.91 Å². The molecule has 0 bridgehead atoms. The minimum atomic E-state index is -3.62. The Hall–Kier alpha value is -2.45. The standard InChI is InChI=1S/C17H15ClFNO5S/c1-2-26(23,24)15-6-4-3-5-12(15)17(22)25-10-16(21)20-11-7-8-14(19)13(18)9-11/h3-9H,2,10H2,1H3,(H,20,21). The van der Waals surface area contributed by atoms with Crippen LogP contribution in [-0.4, -0.2) is 32.7 Å². The summed E-state index contributed by atoms with van der Waals surface area (Å²) in [5, 5.41) is 2.22. The molecule has 9 heteroatoms. The summed E-state index contributed by atoms with van der Waals surface area (Å²) in [6.45, 7) is 0.813. The molecule has 0 aliphatic carbocycles. The second kappa shape index (κ2) is 8.29. The van der Waals surface area contributed by atoms with Gasteiger partial charge in [-0.3, -0.25) is 4.79 Å². The van der Waals surface area contributed by atoms with Crippen LogP contribution in [0.4, 0.5) is 10.1 Å². The molecule has 2 rings (SSSR count). The normalized spacial score (nSPS) is 11.0. The molecular weight excluding hydrogens is 385 g/mol. The lowest BCUT2D eigenvalue weighted by Gasteiger charge is -2.10. The molecule has 0 fully saturated rings. The first-order valence-corrected chi connectivity index (χ1v) is 9.51. The highest BCUT2D eigenvalue weighted by Crippen LogP contribution is 2.20. The number of carbonyl (C=O) groups excluding carboxylic acids is 2. The van der Waals surface area contributed by atoms with E-state index in [1.54, 1.807) is 0 Å². The maximum absolute atomic E-state index is 13.1. The number of halogens is 2. The summed E-state index contributed by atoms with van der Waals surface area (Å²) in [6, 6.07) is 9.17. The molecule has 0 saturated carbocycles. The van der Waals surface area contributed by atoms with Crippen LogP contribution in [-0.2, 0) is 19.4 Å². The first-order valence-electron chi connectivity index (χ1n) is 7.48. The van der Waals surface area contributed by atoms with Crippen molar-refractivity contribution in [1.82, 2.24) is 0 Å². The summed E-state index contributed by atoms with van der Waals surface area (Å²) in [5.41, 5.74) is 0.0818. The molecule has 0 atom stereocenters. The van der Waals surface area contributed by atoms with E-state index in [1.807, 2.05) is 0 Å². The van der Waals surface area contributed by atoms with E-state index < -0.39 is 34.1 Å². The Labute approximate surface area is 154 Å². The van der Waals surface area contributed by atoms with Crippen molar-refractivity contribution in [3.8, 4) is 0 Å². The van der Waals surface area contributed by atoms with E-state index in [2.05, 4.69) is 5.32 Å². The Kier molecular flexibility index (Phi) is 6.33. The van der Waals surface area contributed by atoms with Gasteiger partial charge >= 0.3 is 5.97 Å². The van der Waals surface area contributed by atoms with Crippen LogP contribution >= 0.6 is 11.6 Å². The third kappa shape index (κ3) is 4.80. The van der Waals surface area contributed by atoms with Crippen molar-refractivity contribution in [3.63, 3.8) is 0 Å². The van der Waals surface area contributed by atoms with E-state index in [-0.39, 0.29) is 26.9 Å². The van der Waals surface area contributed by atoms with Crippen molar-refractivity contribution in [3.05, 3.63) is 58.9 Å². The third-order valence-electron chi connectivity index (χ3n) is 3.36. The van der Waals surface area contributed by atoms with Gasteiger partial charge in [-0.05, 0) is 30.3 Å². The monoisotopic (exact) mass is 399 g/mol. The van der Waals surface area contributed by atoms with E-state index in [9.17, 15) is 22.4 Å². The topological polar surface area (TPSA) is 89.5 Å². The SMILES string of the molecule is CCS(=O)(=O)c1ccccc1C(=O)OCC(=O)Nc1ccc(F)c(Cl)c1. The molecule has 138 valence electrons. The summed E-state index contributed by atoms with van der Waals surface area (Å²) in [6.07, 6.45) is 0. The Morgan fingerprint density at radius 2 is 1.88 bits per heavy atom. The summed E-state index contributed by atoms with van der Waals surface area (Å²) in [5.74, 6) is -2.44. The number of rotatable bonds is 6. The maximum Gasteiger partial charge on any atom is 0.339 e. The van der Waals surface area contributed by atoms with Crippen molar-refractivity contribution in [2.45, 2.75) is 11.8 Å². The molecule has 0 aromatic heterocycles. The highest BCUT2D eigenvalue weighted by atomic mass is 35.5. The lowest BCUT2D eigenvalue weighted by Crippen LogP contribution is -2.22. The van der Waals surface area contributed by atoms with Gasteiger partial charge in [-0.2, -0.15) is 0 Å². The molecule has 1 N–H and O–H groups in total. The molecule has 0 aliphatic rings. The molecule has 0 heterocycles. The maximum atomic E-state index is 13.1. The Bertz CT molecular complexity index is 946. The highest BCUT2D eigenvalue weighted by molar-refractivity contribution is 7.91. The Morgan fingerprint density at radius 3 is 2.54 bits per heavy atom. The predicted octanol–water partition coefficient (Wildman–Crippen LogP) is 3.07. The minimum absolute atomic E-state index is 0.146. The predicted molar refractivity (Wildman–Crippen MR) is 94.5 cm³/mol. The lowest BCUT2D eigenvalue weighted by atomic mass is 10.2. The van der Waals surface area contributed by atoms with Crippen LogP contribution < -0.4 is 5.32 Å². The number of sulfone groups is 1. The number of hydrogen-bond acceptors (Lipinski definition) is 5. The molecular formula is C17H15ClFNO5S. The third-order valence-corrected chi connectivity index (χ3v) is 5.44. The fraction of sp³-hybridized carbons (Fsp3) is 0.176. The van der Waals surface area contributed by atoms with Crippen LogP contribution in [0.25, 0.3) is 0 Å². The van der Waals surface area contributed by atoms with Crippen LogP contribution in [0.2, 0.25) is 5.02 Å². The molecule has 0 saturated heterocycles. The van der Waals surface area contributed by atoms with E-state index in [0.717, 1.165) is 6.07 Å². The number of hydrogen-bond donors (Lipinski definition) is 1. The molecule has 0 unspecified atom stereocenters. The number of carbonyl (C=O) groups is 2. The molecule has 26 heavy (non-hydrogen) atoms. The zero-order valence-corrected chi connectivity index (χ0v) is 15.2. The minimum Gasteiger partial charge on any atom is -0.452 e. The van der Waals surface area contributed by atoms with Crippen molar-refractivity contribution < 1.29 is 27.1 Å². The fourth-order valence-corrected chi connectivity index (χ4v) is 3.31. The number of benzene rings is 2. The van der Waals surface area contributed by atoms with Gasteiger partial charge in [0, 0.05) is 5.69 Å². The number of ether oxygens (including phenoxy) is 1. The Balaban J connectivity index is 2.05. The van der Waals surface area contributed by atoms with E-state index in [0.29, 0.717) is 0 Å². The second-order valence-corrected chi connectivity index (χ2v) is 7.81. The van der Waals surface area contributed by atoms with Crippen molar-refractivity contribution in [2.24, 2.45) is 0 Å². The number of amides is 1. The zero-order valence-electron chi connectivity index (χ0n) is 13.7. The summed E-state index contributed by atoms with van der Waals surface area (Å²) in [7, 11) is -3.62. The molecule has 0 aliphatic heterocycles. The van der Waals surface area contributed by atoms with Crippen molar-refractivity contribution in [1.29, 1.82) is 0 Å². The smallest absolute Gasteiger partial charge is 0.339 e. The van der Waals surface area contributed by atoms with Gasteiger partial charge in [0.1, 0.15) is 5.82 Å². The molecule has 2 aromatic carbocycles. The second-order valence-electron chi connectivity index (χ2n) is 5.15.